The highest BCUT2D eigenvalue weighted by molar-refractivity contribution is 5.94. The van der Waals surface area contributed by atoms with Crippen LogP contribution in [0.3, 0.4) is 0 Å². The van der Waals surface area contributed by atoms with E-state index in [0.717, 1.165) is 24.1 Å². The quantitative estimate of drug-likeness (QED) is 0.739. The summed E-state index contributed by atoms with van der Waals surface area (Å²) < 4.78 is 15.3. The van der Waals surface area contributed by atoms with Crippen LogP contribution in [0.15, 0.2) is 30.5 Å². The highest BCUT2D eigenvalue weighted by atomic mass is 19.1. The number of benzene rings is 1. The van der Waals surface area contributed by atoms with Crippen molar-refractivity contribution in [3.8, 4) is 0 Å². The van der Waals surface area contributed by atoms with Crippen LogP contribution in [0.2, 0.25) is 0 Å². The zero-order valence-electron chi connectivity index (χ0n) is 18.6. The van der Waals surface area contributed by atoms with Crippen molar-refractivity contribution in [2.24, 2.45) is 0 Å². The van der Waals surface area contributed by atoms with Crippen LogP contribution in [0, 0.1) is 5.82 Å². The molecule has 2 aliphatic heterocycles. The Morgan fingerprint density at radius 3 is 2.32 bits per heavy atom. The molecule has 0 aliphatic carbocycles. The number of likely N-dealkylation sites (tertiary alicyclic amines) is 1. The van der Waals surface area contributed by atoms with Crippen molar-refractivity contribution in [3.63, 3.8) is 0 Å². The summed E-state index contributed by atoms with van der Waals surface area (Å²) in [4.78, 5) is 31.0. The molecule has 0 N–H and O–H groups in total. The zero-order valence-corrected chi connectivity index (χ0v) is 18.6. The highest BCUT2D eigenvalue weighted by Crippen LogP contribution is 2.42. The Morgan fingerprint density at radius 1 is 1.10 bits per heavy atom. The summed E-state index contributed by atoms with van der Waals surface area (Å²) in [6, 6.07) is 5.95. The number of halogens is 1. The van der Waals surface area contributed by atoms with Gasteiger partial charge >= 0.3 is 6.03 Å². The van der Waals surface area contributed by atoms with E-state index in [1.807, 2.05) is 20.7 Å². The van der Waals surface area contributed by atoms with Gasteiger partial charge in [0.05, 0.1) is 5.69 Å². The Kier molecular flexibility index (Phi) is 5.49. The van der Waals surface area contributed by atoms with Crippen molar-refractivity contribution in [2.45, 2.75) is 44.7 Å². The van der Waals surface area contributed by atoms with Crippen molar-refractivity contribution in [1.82, 2.24) is 24.5 Å². The van der Waals surface area contributed by atoms with Gasteiger partial charge in [-0.3, -0.25) is 9.48 Å². The first kappa shape index (κ1) is 21.3. The van der Waals surface area contributed by atoms with Gasteiger partial charge in [0.1, 0.15) is 5.82 Å². The molecule has 2 aliphatic rings. The molecule has 0 saturated carbocycles. The van der Waals surface area contributed by atoms with Gasteiger partial charge < -0.3 is 14.7 Å². The lowest BCUT2D eigenvalue weighted by Crippen LogP contribution is -2.55. The predicted octanol–water partition coefficient (Wildman–Crippen LogP) is 3.27. The minimum Gasteiger partial charge on any atom is -0.333 e. The first-order valence-corrected chi connectivity index (χ1v) is 10.8. The molecular formula is C23H30FN5O2. The van der Waals surface area contributed by atoms with E-state index in [0.29, 0.717) is 31.7 Å². The van der Waals surface area contributed by atoms with Crippen molar-refractivity contribution in [3.05, 3.63) is 53.1 Å². The molecule has 1 spiro atoms. The van der Waals surface area contributed by atoms with E-state index in [1.54, 1.807) is 19.0 Å². The van der Waals surface area contributed by atoms with Gasteiger partial charge in [0.15, 0.2) is 0 Å². The largest absolute Gasteiger partial charge is 0.333 e. The second-order valence-electron chi connectivity index (χ2n) is 9.19. The third kappa shape index (κ3) is 3.91. The van der Waals surface area contributed by atoms with Crippen LogP contribution < -0.4 is 0 Å². The average molecular weight is 428 g/mol. The minimum absolute atomic E-state index is 0.0119. The van der Waals surface area contributed by atoms with E-state index < -0.39 is 0 Å². The molecule has 8 heteroatoms. The summed E-state index contributed by atoms with van der Waals surface area (Å²) in [6.07, 6.45) is 3.55. The minimum atomic E-state index is -0.356. The van der Waals surface area contributed by atoms with Crippen LogP contribution in [-0.4, -0.2) is 70.1 Å². The Balaban J connectivity index is 1.65. The van der Waals surface area contributed by atoms with E-state index in [-0.39, 0.29) is 29.2 Å². The van der Waals surface area contributed by atoms with Gasteiger partial charge in [-0.05, 0) is 51.0 Å². The standard InChI is InChI=1S/C23H30FN5O2/c1-16(2)29-14-18-13-28(21(30)17-5-7-19(24)8-6-17)15-23(20(18)25-29)9-11-27(12-10-23)22(31)26(3)4/h5-8,14,16H,9-13,15H2,1-4H3. The molecule has 3 amide bonds. The van der Waals surface area contributed by atoms with Crippen LogP contribution in [0.4, 0.5) is 9.18 Å². The third-order valence-electron chi connectivity index (χ3n) is 6.45. The van der Waals surface area contributed by atoms with Crippen LogP contribution in [0.5, 0.6) is 0 Å². The van der Waals surface area contributed by atoms with Gasteiger partial charge in [-0.15, -0.1) is 0 Å². The van der Waals surface area contributed by atoms with Crippen molar-refractivity contribution < 1.29 is 14.0 Å². The van der Waals surface area contributed by atoms with E-state index in [9.17, 15) is 14.0 Å². The molecule has 1 aromatic heterocycles. The number of rotatable bonds is 2. The second kappa shape index (κ2) is 7.98. The van der Waals surface area contributed by atoms with Crippen molar-refractivity contribution >= 4 is 11.9 Å². The van der Waals surface area contributed by atoms with Gasteiger partial charge in [-0.1, -0.05) is 0 Å². The summed E-state index contributed by atoms with van der Waals surface area (Å²) in [5.74, 6) is -0.459. The van der Waals surface area contributed by atoms with E-state index in [2.05, 4.69) is 13.8 Å². The number of urea groups is 1. The molecule has 0 bridgehead atoms. The van der Waals surface area contributed by atoms with Gasteiger partial charge in [0.25, 0.3) is 5.91 Å². The first-order valence-electron chi connectivity index (χ1n) is 10.8. The Morgan fingerprint density at radius 2 is 1.74 bits per heavy atom. The number of hydrogen-bond acceptors (Lipinski definition) is 3. The zero-order chi connectivity index (χ0) is 22.3. The fourth-order valence-corrected chi connectivity index (χ4v) is 4.68. The number of amides is 3. The fraction of sp³-hybridized carbons (Fsp3) is 0.522. The average Bonchev–Trinajstić information content (AvgIpc) is 3.19. The van der Waals surface area contributed by atoms with Crippen molar-refractivity contribution in [1.29, 1.82) is 0 Å². The summed E-state index contributed by atoms with van der Waals surface area (Å²) in [7, 11) is 3.53. The number of aromatic nitrogens is 2. The van der Waals surface area contributed by atoms with E-state index >= 15 is 0 Å². The van der Waals surface area contributed by atoms with Gasteiger partial charge in [0, 0.05) is 69.1 Å². The van der Waals surface area contributed by atoms with Crippen molar-refractivity contribution in [2.75, 3.05) is 33.7 Å². The summed E-state index contributed by atoms with van der Waals surface area (Å²) in [5.41, 5.74) is 2.31. The van der Waals surface area contributed by atoms with Crippen LogP contribution >= 0.6 is 0 Å². The molecule has 0 unspecified atom stereocenters. The molecule has 31 heavy (non-hydrogen) atoms. The molecule has 166 valence electrons. The highest BCUT2D eigenvalue weighted by Gasteiger charge is 2.46. The maximum absolute atomic E-state index is 13.3. The maximum Gasteiger partial charge on any atom is 0.319 e. The second-order valence-corrected chi connectivity index (χ2v) is 9.19. The van der Waals surface area contributed by atoms with Crippen LogP contribution in [0.25, 0.3) is 0 Å². The number of nitrogens with zero attached hydrogens (tertiary/aromatic N) is 5. The summed E-state index contributed by atoms with van der Waals surface area (Å²) in [5, 5.41) is 4.93. The van der Waals surface area contributed by atoms with E-state index in [4.69, 9.17) is 5.10 Å². The third-order valence-corrected chi connectivity index (χ3v) is 6.45. The number of hydrogen-bond donors (Lipinski definition) is 0. The predicted molar refractivity (Wildman–Crippen MR) is 115 cm³/mol. The summed E-state index contributed by atoms with van der Waals surface area (Å²) in [6.45, 7) is 6.47. The lowest BCUT2D eigenvalue weighted by Gasteiger charge is -2.46. The molecule has 2 aromatic rings. The SMILES string of the molecule is CC(C)n1cc2c(n1)C1(CCN(C(=O)N(C)C)CC1)CN(C(=O)c1ccc(F)cc1)C2. The number of fused-ring (bicyclic) bond motifs is 2. The van der Waals surface area contributed by atoms with Gasteiger partial charge in [-0.25, -0.2) is 9.18 Å². The first-order chi connectivity index (χ1) is 14.7. The fourth-order valence-electron chi connectivity index (χ4n) is 4.68. The molecule has 1 aromatic carbocycles. The monoisotopic (exact) mass is 427 g/mol. The lowest BCUT2D eigenvalue weighted by molar-refractivity contribution is 0.0583. The molecule has 0 radical (unpaired) electrons. The van der Waals surface area contributed by atoms with E-state index in [1.165, 1.54) is 24.3 Å². The smallest absolute Gasteiger partial charge is 0.319 e. The molecule has 7 nitrogen and oxygen atoms in total. The molecule has 0 atom stereocenters. The van der Waals surface area contributed by atoms with Gasteiger partial charge in [-0.2, -0.15) is 5.10 Å². The summed E-state index contributed by atoms with van der Waals surface area (Å²) >= 11 is 0. The number of piperidine rings is 1. The maximum atomic E-state index is 13.3. The van der Waals surface area contributed by atoms with Crippen LogP contribution in [-0.2, 0) is 12.0 Å². The Bertz CT molecular complexity index is 974. The Hall–Kier alpha value is -2.90. The van der Waals surface area contributed by atoms with Crippen LogP contribution in [0.1, 0.15) is 54.3 Å². The lowest BCUT2D eigenvalue weighted by atomic mass is 9.72. The Labute approximate surface area is 182 Å². The molecule has 3 heterocycles. The molecule has 4 rings (SSSR count). The molecule has 1 saturated heterocycles. The molecular weight excluding hydrogens is 397 g/mol. The number of carbonyl (C=O) groups excluding carboxylic acids is 2. The molecule has 1 fully saturated rings. The van der Waals surface area contributed by atoms with Gasteiger partial charge in [0.2, 0.25) is 0 Å². The normalized spacial score (nSPS) is 17.7. The topological polar surface area (TPSA) is 61.7 Å². The number of carbonyl (C=O) groups is 2.